The first-order valence-electron chi connectivity index (χ1n) is 2.16. The Balaban J connectivity index is 3.15. The van der Waals surface area contributed by atoms with Crippen molar-refractivity contribution in [2.24, 2.45) is 0 Å². The van der Waals surface area contributed by atoms with Gasteiger partial charge in [-0.15, -0.1) is 0 Å². The van der Waals surface area contributed by atoms with Crippen molar-refractivity contribution >= 4 is 0 Å². The van der Waals surface area contributed by atoms with Gasteiger partial charge in [-0.2, -0.15) is 5.26 Å². The largest absolute Gasteiger partial charge is 0.345 e. The predicted octanol–water partition coefficient (Wildman–Crippen LogP) is 0.855. The maximum Gasteiger partial charge on any atom is 0.238 e. The van der Waals surface area contributed by atoms with Crippen molar-refractivity contribution in [3.8, 4) is 6.07 Å². The Kier molecular flexibility index (Phi) is 1.01. The Labute approximate surface area is 46.5 Å². The fourth-order valence-corrected chi connectivity index (χ4v) is 0.397. The third-order valence-electron chi connectivity index (χ3n) is 0.850. The summed E-state index contributed by atoms with van der Waals surface area (Å²) in [5, 5.41) is 11.6. The first-order chi connectivity index (χ1) is 3.84. The van der Waals surface area contributed by atoms with Crippen molar-refractivity contribution in [2.75, 3.05) is 0 Å². The zero-order valence-electron chi connectivity index (χ0n) is 4.38. The van der Waals surface area contributed by atoms with Crippen LogP contribution in [0.15, 0.2) is 10.7 Å². The lowest BCUT2D eigenvalue weighted by molar-refractivity contribution is 0.409. The van der Waals surface area contributed by atoms with Gasteiger partial charge in [0.25, 0.3) is 0 Å². The van der Waals surface area contributed by atoms with Crippen LogP contribution in [0.4, 0.5) is 0 Å². The number of hydrogen-bond acceptors (Lipinski definition) is 3. The predicted molar refractivity (Wildman–Crippen MR) is 26.0 cm³/mol. The molecular formula is C5H4N2O. The first kappa shape index (κ1) is 4.85. The SMILES string of the molecule is Cc1cnoc1C#N. The van der Waals surface area contributed by atoms with E-state index in [1.807, 2.05) is 6.07 Å². The maximum atomic E-state index is 8.22. The molecule has 40 valence electrons. The molecule has 0 saturated carbocycles. The molecule has 0 aliphatic carbocycles. The van der Waals surface area contributed by atoms with Gasteiger partial charge in [-0.25, -0.2) is 0 Å². The quantitative estimate of drug-likeness (QED) is 0.495. The van der Waals surface area contributed by atoms with Crippen LogP contribution in [0.3, 0.4) is 0 Å². The van der Waals surface area contributed by atoms with E-state index in [2.05, 4.69) is 9.68 Å². The molecule has 0 aromatic carbocycles. The summed E-state index contributed by atoms with van der Waals surface area (Å²) in [4.78, 5) is 0. The molecule has 1 rings (SSSR count). The number of nitrogens with zero attached hydrogens (tertiary/aromatic N) is 2. The van der Waals surface area contributed by atoms with Crippen molar-refractivity contribution < 1.29 is 4.52 Å². The maximum absolute atomic E-state index is 8.22. The molecule has 1 heterocycles. The topological polar surface area (TPSA) is 49.8 Å². The number of rotatable bonds is 0. The summed E-state index contributed by atoms with van der Waals surface area (Å²) in [7, 11) is 0. The van der Waals surface area contributed by atoms with Crippen LogP contribution in [0.25, 0.3) is 0 Å². The van der Waals surface area contributed by atoms with Gasteiger partial charge >= 0.3 is 0 Å². The van der Waals surface area contributed by atoms with Crippen LogP contribution in [0.5, 0.6) is 0 Å². The van der Waals surface area contributed by atoms with Crippen LogP contribution in [0.1, 0.15) is 11.3 Å². The fourth-order valence-electron chi connectivity index (χ4n) is 0.397. The number of nitriles is 1. The second kappa shape index (κ2) is 1.66. The fraction of sp³-hybridized carbons (Fsp3) is 0.200. The van der Waals surface area contributed by atoms with Gasteiger partial charge in [0, 0.05) is 5.56 Å². The molecule has 1 aromatic heterocycles. The second-order valence-electron chi connectivity index (χ2n) is 1.45. The Bertz CT molecular complexity index is 221. The molecule has 0 unspecified atom stereocenters. The Morgan fingerprint density at radius 3 is 2.88 bits per heavy atom. The highest BCUT2D eigenvalue weighted by atomic mass is 16.5. The average Bonchev–Trinajstić information content (AvgIpc) is 2.14. The van der Waals surface area contributed by atoms with Gasteiger partial charge in [0.15, 0.2) is 0 Å². The molecule has 8 heavy (non-hydrogen) atoms. The Morgan fingerprint density at radius 1 is 1.88 bits per heavy atom. The molecule has 0 aliphatic heterocycles. The third-order valence-corrected chi connectivity index (χ3v) is 0.850. The Hall–Kier alpha value is -1.30. The average molecular weight is 108 g/mol. The number of aryl methyl sites for hydroxylation is 1. The third kappa shape index (κ3) is 0.562. The highest BCUT2D eigenvalue weighted by Crippen LogP contribution is 2.01. The van der Waals surface area contributed by atoms with E-state index >= 15 is 0 Å². The molecule has 0 amide bonds. The Morgan fingerprint density at radius 2 is 2.62 bits per heavy atom. The molecule has 0 spiro atoms. The normalized spacial score (nSPS) is 8.50. The van der Waals surface area contributed by atoms with Crippen LogP contribution in [0, 0.1) is 18.3 Å². The van der Waals surface area contributed by atoms with Crippen molar-refractivity contribution in [2.45, 2.75) is 6.92 Å². The number of aromatic nitrogens is 1. The molecule has 3 nitrogen and oxygen atoms in total. The summed E-state index contributed by atoms with van der Waals surface area (Å²) in [5.41, 5.74) is 0.785. The molecule has 1 aromatic rings. The standard InChI is InChI=1S/C5H4N2O/c1-4-3-7-8-5(4)2-6/h3H,1H3. The molecule has 0 atom stereocenters. The van der Waals surface area contributed by atoms with E-state index < -0.39 is 0 Å². The smallest absolute Gasteiger partial charge is 0.238 e. The van der Waals surface area contributed by atoms with Gasteiger partial charge in [-0.3, -0.25) is 0 Å². The van der Waals surface area contributed by atoms with Gasteiger partial charge < -0.3 is 4.52 Å². The molecule has 0 N–H and O–H groups in total. The first-order valence-corrected chi connectivity index (χ1v) is 2.16. The van der Waals surface area contributed by atoms with Crippen molar-refractivity contribution in [3.05, 3.63) is 17.5 Å². The summed E-state index contributed by atoms with van der Waals surface area (Å²) in [5.74, 6) is 0.296. The van der Waals surface area contributed by atoms with Gasteiger partial charge in [-0.1, -0.05) is 5.16 Å². The van der Waals surface area contributed by atoms with E-state index in [9.17, 15) is 0 Å². The summed E-state index contributed by atoms with van der Waals surface area (Å²) in [6, 6.07) is 1.85. The second-order valence-corrected chi connectivity index (χ2v) is 1.45. The van der Waals surface area contributed by atoms with Crippen LogP contribution in [-0.4, -0.2) is 5.16 Å². The van der Waals surface area contributed by atoms with Crippen LogP contribution in [-0.2, 0) is 0 Å². The van der Waals surface area contributed by atoms with Crippen LogP contribution >= 0.6 is 0 Å². The van der Waals surface area contributed by atoms with E-state index in [0.717, 1.165) is 5.56 Å². The minimum Gasteiger partial charge on any atom is -0.345 e. The summed E-state index contributed by atoms with van der Waals surface area (Å²) >= 11 is 0. The van der Waals surface area contributed by atoms with E-state index in [1.54, 1.807) is 6.92 Å². The van der Waals surface area contributed by atoms with E-state index in [-0.39, 0.29) is 0 Å². The van der Waals surface area contributed by atoms with Gasteiger partial charge in [-0.05, 0) is 6.92 Å². The number of hydrogen-bond donors (Lipinski definition) is 0. The van der Waals surface area contributed by atoms with E-state index in [4.69, 9.17) is 5.26 Å². The van der Waals surface area contributed by atoms with Gasteiger partial charge in [0.2, 0.25) is 5.76 Å². The van der Waals surface area contributed by atoms with Crippen molar-refractivity contribution in [3.63, 3.8) is 0 Å². The summed E-state index contributed by atoms with van der Waals surface area (Å²) < 4.78 is 4.50. The monoisotopic (exact) mass is 108 g/mol. The molecule has 0 fully saturated rings. The summed E-state index contributed by atoms with van der Waals surface area (Å²) in [6.07, 6.45) is 1.51. The van der Waals surface area contributed by atoms with E-state index in [1.165, 1.54) is 6.20 Å². The van der Waals surface area contributed by atoms with Gasteiger partial charge in [0.1, 0.15) is 6.07 Å². The molecule has 0 radical (unpaired) electrons. The van der Waals surface area contributed by atoms with Gasteiger partial charge in [0.05, 0.1) is 6.20 Å². The summed E-state index contributed by atoms with van der Waals surface area (Å²) in [6.45, 7) is 1.77. The minimum atomic E-state index is 0.296. The minimum absolute atomic E-state index is 0.296. The van der Waals surface area contributed by atoms with Crippen molar-refractivity contribution in [1.29, 1.82) is 5.26 Å². The van der Waals surface area contributed by atoms with E-state index in [0.29, 0.717) is 5.76 Å². The molecule has 0 saturated heterocycles. The lowest BCUT2D eigenvalue weighted by atomic mass is 10.3. The van der Waals surface area contributed by atoms with Crippen LogP contribution in [0.2, 0.25) is 0 Å². The van der Waals surface area contributed by atoms with Crippen molar-refractivity contribution in [1.82, 2.24) is 5.16 Å². The van der Waals surface area contributed by atoms with Crippen LogP contribution < -0.4 is 0 Å². The molecule has 3 heteroatoms. The zero-order valence-corrected chi connectivity index (χ0v) is 4.38. The molecular weight excluding hydrogens is 104 g/mol. The highest BCUT2D eigenvalue weighted by molar-refractivity contribution is 5.23. The lowest BCUT2D eigenvalue weighted by Gasteiger charge is -1.72. The lowest BCUT2D eigenvalue weighted by Crippen LogP contribution is -1.67. The zero-order chi connectivity index (χ0) is 5.98. The molecule has 0 bridgehead atoms. The highest BCUT2D eigenvalue weighted by Gasteiger charge is 1.97. The molecule has 0 aliphatic rings.